The highest BCUT2D eigenvalue weighted by molar-refractivity contribution is 9.10. The molecule has 4 nitrogen and oxygen atoms in total. The Kier molecular flexibility index (Phi) is 5.09. The number of benzene rings is 1. The lowest BCUT2D eigenvalue weighted by Gasteiger charge is -2.16. The molecule has 1 amide bonds. The minimum Gasteiger partial charge on any atom is -0.455 e. The van der Waals surface area contributed by atoms with Crippen molar-refractivity contribution < 1.29 is 14.3 Å². The van der Waals surface area contributed by atoms with Crippen LogP contribution in [0.4, 0.5) is 0 Å². The second-order valence-electron chi connectivity index (χ2n) is 5.63. The van der Waals surface area contributed by atoms with Crippen LogP contribution in [0.1, 0.15) is 31.9 Å². The summed E-state index contributed by atoms with van der Waals surface area (Å²) in [7, 11) is 0. The molecule has 1 aliphatic rings. The lowest BCUT2D eigenvalue weighted by atomic mass is 10.1. The number of carbonyl (C=O) groups is 2. The normalized spacial score (nSPS) is 23.5. The van der Waals surface area contributed by atoms with Gasteiger partial charge in [-0.3, -0.25) is 9.59 Å². The zero-order chi connectivity index (χ0) is 16.5. The quantitative estimate of drug-likeness (QED) is 0.596. The molecule has 1 aromatic carbocycles. The van der Waals surface area contributed by atoms with E-state index in [9.17, 15) is 9.59 Å². The van der Waals surface area contributed by atoms with Crippen LogP contribution in [0.15, 0.2) is 28.7 Å². The minimum atomic E-state index is -1.09. The summed E-state index contributed by atoms with van der Waals surface area (Å²) in [5, 5.41) is 2.77. The molecule has 2 atom stereocenters. The summed E-state index contributed by atoms with van der Waals surface area (Å²) in [6.45, 7) is 3.13. The van der Waals surface area contributed by atoms with E-state index in [1.807, 2.05) is 31.2 Å². The van der Waals surface area contributed by atoms with E-state index >= 15 is 0 Å². The Hall–Kier alpha value is -0.780. The number of amides is 1. The molecular weight excluding hydrogens is 393 g/mol. The van der Waals surface area contributed by atoms with Gasteiger partial charge in [-0.25, -0.2) is 0 Å². The third kappa shape index (κ3) is 3.76. The number of nitrogens with one attached hydrogen (secondary N) is 1. The zero-order valence-electron chi connectivity index (χ0n) is 12.2. The van der Waals surface area contributed by atoms with Crippen LogP contribution in [-0.4, -0.2) is 22.8 Å². The fourth-order valence-corrected chi connectivity index (χ4v) is 2.98. The molecule has 1 aromatic rings. The van der Waals surface area contributed by atoms with Gasteiger partial charge in [0.15, 0.2) is 6.61 Å². The lowest BCUT2D eigenvalue weighted by molar-refractivity contribution is -0.153. The molecule has 0 unspecified atom stereocenters. The van der Waals surface area contributed by atoms with Gasteiger partial charge in [0.1, 0.15) is 9.75 Å². The van der Waals surface area contributed by atoms with Crippen molar-refractivity contribution in [1.82, 2.24) is 5.32 Å². The molecule has 0 bridgehead atoms. The van der Waals surface area contributed by atoms with Gasteiger partial charge in [0.2, 0.25) is 0 Å². The molecule has 1 aliphatic carbocycles. The van der Waals surface area contributed by atoms with E-state index in [1.165, 1.54) is 0 Å². The van der Waals surface area contributed by atoms with Crippen molar-refractivity contribution in [2.45, 2.75) is 30.6 Å². The summed E-state index contributed by atoms with van der Waals surface area (Å²) in [6, 6.07) is 7.42. The van der Waals surface area contributed by atoms with Crippen LogP contribution < -0.4 is 5.32 Å². The molecule has 1 saturated carbocycles. The number of rotatable bonds is 5. The number of hydrogen-bond donors (Lipinski definition) is 1. The predicted molar refractivity (Wildman–Crippen MR) is 88.8 cm³/mol. The van der Waals surface area contributed by atoms with Crippen LogP contribution in [0.5, 0.6) is 0 Å². The maximum atomic E-state index is 11.9. The van der Waals surface area contributed by atoms with Gasteiger partial charge in [-0.2, -0.15) is 0 Å². The van der Waals surface area contributed by atoms with Crippen molar-refractivity contribution >= 4 is 51.0 Å². The Morgan fingerprint density at radius 1 is 1.36 bits per heavy atom. The smallest absolute Gasteiger partial charge is 0.315 e. The zero-order valence-corrected chi connectivity index (χ0v) is 15.3. The second-order valence-corrected chi connectivity index (χ2v) is 8.03. The van der Waals surface area contributed by atoms with Gasteiger partial charge in [0.25, 0.3) is 5.91 Å². The Morgan fingerprint density at radius 2 is 1.91 bits per heavy atom. The van der Waals surface area contributed by atoms with E-state index in [4.69, 9.17) is 27.9 Å². The highest BCUT2D eigenvalue weighted by Crippen LogP contribution is 2.64. The predicted octanol–water partition coefficient (Wildman–Crippen LogP) is 3.75. The Morgan fingerprint density at radius 3 is 2.41 bits per heavy atom. The maximum absolute atomic E-state index is 11.9. The molecule has 0 saturated heterocycles. The first kappa shape index (κ1) is 17.6. The fraction of sp³-hybridized carbons (Fsp3) is 0.467. The molecule has 0 heterocycles. The van der Waals surface area contributed by atoms with Crippen LogP contribution in [-0.2, 0) is 14.3 Å². The van der Waals surface area contributed by atoms with Crippen molar-refractivity contribution in [3.63, 3.8) is 0 Å². The first-order chi connectivity index (χ1) is 10.2. The number of halogens is 3. The van der Waals surface area contributed by atoms with E-state index in [0.29, 0.717) is 6.42 Å². The van der Waals surface area contributed by atoms with Crippen molar-refractivity contribution in [3.8, 4) is 0 Å². The Balaban J connectivity index is 1.81. The van der Waals surface area contributed by atoms with Gasteiger partial charge in [0, 0.05) is 10.9 Å². The molecule has 22 heavy (non-hydrogen) atoms. The third-order valence-corrected chi connectivity index (χ3v) is 5.42. The number of carbonyl (C=O) groups excluding carboxylic acids is 2. The molecule has 1 fully saturated rings. The van der Waals surface area contributed by atoms with E-state index in [0.717, 1.165) is 10.0 Å². The van der Waals surface area contributed by atoms with Crippen LogP contribution >= 0.6 is 39.1 Å². The maximum Gasteiger partial charge on any atom is 0.315 e. The van der Waals surface area contributed by atoms with Crippen LogP contribution in [0, 0.1) is 5.41 Å². The second kappa shape index (κ2) is 6.38. The minimum absolute atomic E-state index is 0.184. The molecule has 0 aliphatic heterocycles. The first-order valence-corrected chi connectivity index (χ1v) is 8.30. The molecule has 120 valence electrons. The lowest BCUT2D eigenvalue weighted by Crippen LogP contribution is -2.33. The first-order valence-electron chi connectivity index (χ1n) is 6.75. The van der Waals surface area contributed by atoms with Crippen molar-refractivity contribution in [3.05, 3.63) is 34.3 Å². The van der Waals surface area contributed by atoms with Gasteiger partial charge in [-0.05, 0) is 31.5 Å². The summed E-state index contributed by atoms with van der Waals surface area (Å²) >= 11 is 15.1. The monoisotopic (exact) mass is 407 g/mol. The van der Waals surface area contributed by atoms with E-state index in [1.54, 1.807) is 6.92 Å². The van der Waals surface area contributed by atoms with E-state index in [-0.39, 0.29) is 18.6 Å². The fourth-order valence-electron chi connectivity index (χ4n) is 2.03. The SMILES string of the molecule is C[C@@H](NC(=O)COC(=O)[C@@]1(C)CC1(Cl)Cl)c1ccc(Br)cc1. The van der Waals surface area contributed by atoms with Crippen LogP contribution in [0.3, 0.4) is 0 Å². The van der Waals surface area contributed by atoms with Gasteiger partial charge >= 0.3 is 5.97 Å². The molecule has 1 N–H and O–H groups in total. The van der Waals surface area contributed by atoms with Crippen molar-refractivity contribution in [2.24, 2.45) is 5.41 Å². The largest absolute Gasteiger partial charge is 0.455 e. The third-order valence-electron chi connectivity index (χ3n) is 3.79. The topological polar surface area (TPSA) is 55.4 Å². The summed E-state index contributed by atoms with van der Waals surface area (Å²) < 4.78 is 4.87. The molecule has 0 radical (unpaired) electrons. The molecule has 0 spiro atoms. The molecule has 0 aromatic heterocycles. The summed E-state index contributed by atoms with van der Waals surface area (Å²) in [5.41, 5.74) is 0.0332. The molecule has 2 rings (SSSR count). The number of esters is 1. The Labute approximate surface area is 147 Å². The molecule has 7 heteroatoms. The van der Waals surface area contributed by atoms with Crippen molar-refractivity contribution in [2.75, 3.05) is 6.61 Å². The summed E-state index contributed by atoms with van der Waals surface area (Å²) in [5.74, 6) is -0.924. The van der Waals surface area contributed by atoms with Gasteiger partial charge in [-0.1, -0.05) is 28.1 Å². The van der Waals surface area contributed by atoms with E-state index in [2.05, 4.69) is 21.2 Å². The highest BCUT2D eigenvalue weighted by atomic mass is 79.9. The number of ether oxygens (including phenoxy) is 1. The average Bonchev–Trinajstić information content (AvgIpc) is 2.97. The van der Waals surface area contributed by atoms with Crippen LogP contribution in [0.2, 0.25) is 0 Å². The van der Waals surface area contributed by atoms with E-state index < -0.39 is 15.7 Å². The van der Waals surface area contributed by atoms with Crippen molar-refractivity contribution in [1.29, 1.82) is 0 Å². The highest BCUT2D eigenvalue weighted by Gasteiger charge is 2.69. The average molecular weight is 409 g/mol. The standard InChI is InChI=1S/C15H16BrCl2NO3/c1-9(10-3-5-11(16)6-4-10)19-12(20)7-22-13(21)14(2)8-15(14,17)18/h3-6,9H,7-8H2,1-2H3,(H,19,20)/t9-,14-/m1/s1. The van der Waals surface area contributed by atoms with Gasteiger partial charge in [0.05, 0.1) is 6.04 Å². The number of hydrogen-bond acceptors (Lipinski definition) is 3. The molecular formula is C15H16BrCl2NO3. The Bertz CT molecular complexity index is 591. The number of alkyl halides is 2. The van der Waals surface area contributed by atoms with Crippen LogP contribution in [0.25, 0.3) is 0 Å². The van der Waals surface area contributed by atoms with Gasteiger partial charge < -0.3 is 10.1 Å². The van der Waals surface area contributed by atoms with Gasteiger partial charge in [-0.15, -0.1) is 23.2 Å². The summed E-state index contributed by atoms with van der Waals surface area (Å²) in [6.07, 6.45) is 0.332. The summed E-state index contributed by atoms with van der Waals surface area (Å²) in [4.78, 5) is 23.7.